The minimum absolute atomic E-state index is 0.144. The Morgan fingerprint density at radius 2 is 1.93 bits per heavy atom. The number of hydrogen-bond donors (Lipinski definition) is 1. The summed E-state index contributed by atoms with van der Waals surface area (Å²) in [7, 11) is 1.50. The van der Waals surface area contributed by atoms with Gasteiger partial charge in [-0.1, -0.05) is 39.7 Å². The van der Waals surface area contributed by atoms with Gasteiger partial charge in [0.1, 0.15) is 17.6 Å². The summed E-state index contributed by atoms with van der Waals surface area (Å²) in [5.74, 6) is -0.715. The lowest BCUT2D eigenvalue weighted by Gasteiger charge is -2.28. The van der Waals surface area contributed by atoms with Crippen molar-refractivity contribution < 1.29 is 18.7 Å². The van der Waals surface area contributed by atoms with Gasteiger partial charge < -0.3 is 15.0 Å². The SMILES string of the molecule is CNC(=O)[C@H](C)N(Cc1ccc(F)cc1)C(=O)COc1ccc(Br)cc1Cl. The van der Waals surface area contributed by atoms with Gasteiger partial charge in [-0.05, 0) is 42.8 Å². The van der Waals surface area contributed by atoms with Gasteiger partial charge in [-0.25, -0.2) is 4.39 Å². The molecule has 2 rings (SSSR count). The van der Waals surface area contributed by atoms with Gasteiger partial charge in [0, 0.05) is 18.1 Å². The van der Waals surface area contributed by atoms with E-state index in [1.807, 2.05) is 0 Å². The van der Waals surface area contributed by atoms with E-state index in [0.717, 1.165) is 4.47 Å². The standard InChI is InChI=1S/C19H19BrClFN2O3/c1-12(19(26)23-2)24(10-13-3-6-15(22)7-4-13)18(25)11-27-17-8-5-14(20)9-16(17)21/h3-9,12H,10-11H2,1-2H3,(H,23,26)/t12-/m0/s1. The van der Waals surface area contributed by atoms with E-state index in [2.05, 4.69) is 21.2 Å². The Bertz CT molecular complexity index is 817. The van der Waals surface area contributed by atoms with Crippen LogP contribution in [-0.2, 0) is 16.1 Å². The minimum Gasteiger partial charge on any atom is -0.482 e. The quantitative estimate of drug-likeness (QED) is 0.688. The first-order chi connectivity index (χ1) is 12.8. The minimum atomic E-state index is -0.725. The number of rotatable bonds is 7. The molecule has 0 aliphatic rings. The molecule has 8 heteroatoms. The third kappa shape index (κ3) is 5.94. The maximum atomic E-state index is 13.1. The predicted octanol–water partition coefficient (Wildman–Crippen LogP) is 3.78. The summed E-state index contributed by atoms with van der Waals surface area (Å²) < 4.78 is 19.4. The molecule has 0 aromatic heterocycles. The van der Waals surface area contributed by atoms with Crippen LogP contribution in [0.1, 0.15) is 12.5 Å². The highest BCUT2D eigenvalue weighted by molar-refractivity contribution is 9.10. The number of amides is 2. The summed E-state index contributed by atoms with van der Waals surface area (Å²) >= 11 is 9.39. The second-order valence-electron chi connectivity index (χ2n) is 5.80. The van der Waals surface area contributed by atoms with Gasteiger partial charge in [0.05, 0.1) is 5.02 Å². The van der Waals surface area contributed by atoms with Gasteiger partial charge in [-0.15, -0.1) is 0 Å². The van der Waals surface area contributed by atoms with Gasteiger partial charge >= 0.3 is 0 Å². The second-order valence-corrected chi connectivity index (χ2v) is 7.12. The normalized spacial score (nSPS) is 11.6. The highest BCUT2D eigenvalue weighted by atomic mass is 79.9. The van der Waals surface area contributed by atoms with Crippen molar-refractivity contribution in [2.45, 2.75) is 19.5 Å². The molecule has 2 aromatic carbocycles. The molecule has 0 aliphatic carbocycles. The Balaban J connectivity index is 2.14. The van der Waals surface area contributed by atoms with Crippen LogP contribution >= 0.6 is 27.5 Å². The highest BCUT2D eigenvalue weighted by Gasteiger charge is 2.26. The van der Waals surface area contributed by atoms with Crippen LogP contribution in [0, 0.1) is 5.82 Å². The Morgan fingerprint density at radius 3 is 2.52 bits per heavy atom. The van der Waals surface area contributed by atoms with Gasteiger partial charge in [0.2, 0.25) is 5.91 Å². The number of nitrogens with one attached hydrogen (secondary N) is 1. The average molecular weight is 458 g/mol. The first-order valence-electron chi connectivity index (χ1n) is 8.15. The maximum absolute atomic E-state index is 13.1. The average Bonchev–Trinajstić information content (AvgIpc) is 2.65. The van der Waals surface area contributed by atoms with E-state index in [-0.39, 0.29) is 24.9 Å². The smallest absolute Gasteiger partial charge is 0.261 e. The summed E-state index contributed by atoms with van der Waals surface area (Å²) in [5.41, 5.74) is 0.696. The Kier molecular flexibility index (Phi) is 7.62. The van der Waals surface area contributed by atoms with Crippen molar-refractivity contribution in [2.75, 3.05) is 13.7 Å². The third-order valence-electron chi connectivity index (χ3n) is 3.92. The Hall–Kier alpha value is -2.12. The van der Waals surface area contributed by atoms with Crippen molar-refractivity contribution in [3.8, 4) is 5.75 Å². The molecule has 0 bridgehead atoms. The number of likely N-dealkylation sites (N-methyl/N-ethyl adjacent to an activating group) is 1. The van der Waals surface area contributed by atoms with Crippen LogP contribution in [0.25, 0.3) is 0 Å². The van der Waals surface area contributed by atoms with E-state index in [1.54, 1.807) is 37.3 Å². The molecule has 144 valence electrons. The largest absolute Gasteiger partial charge is 0.482 e. The number of nitrogens with zero attached hydrogens (tertiary/aromatic N) is 1. The van der Waals surface area contributed by atoms with E-state index < -0.39 is 11.9 Å². The molecule has 0 heterocycles. The molecule has 2 aromatic rings. The number of ether oxygens (including phenoxy) is 1. The molecule has 0 radical (unpaired) electrons. The molecule has 0 aliphatic heterocycles. The molecule has 0 saturated heterocycles. The predicted molar refractivity (Wildman–Crippen MR) is 105 cm³/mol. The fourth-order valence-corrected chi connectivity index (χ4v) is 3.12. The summed E-state index contributed by atoms with van der Waals surface area (Å²) in [5, 5.41) is 2.89. The van der Waals surface area contributed by atoms with Crippen LogP contribution in [0.5, 0.6) is 5.75 Å². The van der Waals surface area contributed by atoms with Gasteiger partial charge in [-0.2, -0.15) is 0 Å². The van der Waals surface area contributed by atoms with E-state index in [4.69, 9.17) is 16.3 Å². The summed E-state index contributed by atoms with van der Waals surface area (Å²) in [4.78, 5) is 26.1. The maximum Gasteiger partial charge on any atom is 0.261 e. The summed E-state index contributed by atoms with van der Waals surface area (Å²) in [6.45, 7) is 1.47. The molecule has 0 unspecified atom stereocenters. The van der Waals surface area contributed by atoms with E-state index in [9.17, 15) is 14.0 Å². The molecule has 0 saturated carbocycles. The Labute approximate surface area is 170 Å². The van der Waals surface area contributed by atoms with E-state index >= 15 is 0 Å². The van der Waals surface area contributed by atoms with Gasteiger partial charge in [0.25, 0.3) is 5.91 Å². The highest BCUT2D eigenvalue weighted by Crippen LogP contribution is 2.27. The van der Waals surface area contributed by atoms with Crippen molar-refractivity contribution in [3.05, 3.63) is 63.3 Å². The molecule has 1 atom stereocenters. The van der Waals surface area contributed by atoms with Gasteiger partial charge in [0.15, 0.2) is 6.61 Å². The van der Waals surface area contributed by atoms with Crippen LogP contribution < -0.4 is 10.1 Å². The number of benzene rings is 2. The van der Waals surface area contributed by atoms with Crippen molar-refractivity contribution >= 4 is 39.3 Å². The van der Waals surface area contributed by atoms with E-state index in [0.29, 0.717) is 16.3 Å². The zero-order valence-electron chi connectivity index (χ0n) is 14.8. The number of carbonyl (C=O) groups is 2. The van der Waals surface area contributed by atoms with Crippen LogP contribution in [0.4, 0.5) is 4.39 Å². The third-order valence-corrected chi connectivity index (χ3v) is 4.71. The van der Waals surface area contributed by atoms with Crippen LogP contribution in [0.3, 0.4) is 0 Å². The van der Waals surface area contributed by atoms with Gasteiger partial charge in [-0.3, -0.25) is 9.59 Å². The molecular weight excluding hydrogens is 439 g/mol. The monoisotopic (exact) mass is 456 g/mol. The molecule has 1 N–H and O–H groups in total. The van der Waals surface area contributed by atoms with Crippen molar-refractivity contribution in [1.29, 1.82) is 0 Å². The van der Waals surface area contributed by atoms with Crippen LogP contribution in [-0.4, -0.2) is 36.4 Å². The first-order valence-corrected chi connectivity index (χ1v) is 9.32. The zero-order chi connectivity index (χ0) is 20.0. The lowest BCUT2D eigenvalue weighted by Crippen LogP contribution is -2.48. The first kappa shape index (κ1) is 21.2. The second kappa shape index (κ2) is 9.71. The van der Waals surface area contributed by atoms with Crippen LogP contribution in [0.15, 0.2) is 46.9 Å². The number of halogens is 3. The number of carbonyl (C=O) groups excluding carboxylic acids is 2. The molecule has 27 heavy (non-hydrogen) atoms. The Morgan fingerprint density at radius 1 is 1.26 bits per heavy atom. The lowest BCUT2D eigenvalue weighted by molar-refractivity contribution is -0.142. The summed E-state index contributed by atoms with van der Waals surface area (Å²) in [6, 6.07) is 10.1. The number of hydrogen-bond acceptors (Lipinski definition) is 3. The van der Waals surface area contributed by atoms with Crippen molar-refractivity contribution in [1.82, 2.24) is 10.2 Å². The molecule has 0 fully saturated rings. The molecule has 0 spiro atoms. The van der Waals surface area contributed by atoms with E-state index in [1.165, 1.54) is 24.1 Å². The summed E-state index contributed by atoms with van der Waals surface area (Å²) in [6.07, 6.45) is 0. The van der Waals surface area contributed by atoms with Crippen LogP contribution in [0.2, 0.25) is 5.02 Å². The van der Waals surface area contributed by atoms with Crippen molar-refractivity contribution in [2.24, 2.45) is 0 Å². The van der Waals surface area contributed by atoms with Crippen molar-refractivity contribution in [3.63, 3.8) is 0 Å². The zero-order valence-corrected chi connectivity index (χ0v) is 17.2. The lowest BCUT2D eigenvalue weighted by atomic mass is 10.1. The fraction of sp³-hybridized carbons (Fsp3) is 0.263. The molecule has 2 amide bonds. The fourth-order valence-electron chi connectivity index (χ4n) is 2.39. The molecular formula is C19H19BrClFN2O3. The molecule has 5 nitrogen and oxygen atoms in total. The topological polar surface area (TPSA) is 58.6 Å².